The molecule has 1 saturated heterocycles. The minimum Gasteiger partial charge on any atom is -0.342 e. The first kappa shape index (κ1) is 17.7. The number of carbonyl (C=O) groups is 1. The van der Waals surface area contributed by atoms with E-state index in [4.69, 9.17) is 5.73 Å². The van der Waals surface area contributed by atoms with Crippen molar-refractivity contribution in [1.82, 2.24) is 4.90 Å². The lowest BCUT2D eigenvalue weighted by atomic mass is 9.78. The fourth-order valence-electron chi connectivity index (χ4n) is 2.86. The summed E-state index contributed by atoms with van der Waals surface area (Å²) < 4.78 is 0. The highest BCUT2D eigenvalue weighted by atomic mass is 35.5. The van der Waals surface area contributed by atoms with Gasteiger partial charge in [-0.05, 0) is 31.1 Å². The number of nitrogens with zero attached hydrogens (tertiary/aromatic N) is 1. The highest BCUT2D eigenvalue weighted by Crippen LogP contribution is 2.33. The molecule has 0 aromatic rings. The summed E-state index contributed by atoms with van der Waals surface area (Å²) in [5.74, 6) is 0.276. The predicted molar refractivity (Wildman–Crippen MR) is 78.9 cm³/mol. The molecule has 2 N–H and O–H groups in total. The minimum absolute atomic E-state index is 0. The van der Waals surface area contributed by atoms with Crippen LogP contribution in [0, 0.1) is 10.8 Å². The molecule has 0 radical (unpaired) electrons. The van der Waals surface area contributed by atoms with E-state index < -0.39 is 0 Å². The molecule has 108 valence electrons. The normalized spacial score (nSPS) is 19.3. The number of amides is 1. The van der Waals surface area contributed by atoms with Gasteiger partial charge >= 0.3 is 0 Å². The fraction of sp³-hybridized carbons (Fsp3) is 0.929. The molecule has 3 nitrogen and oxygen atoms in total. The van der Waals surface area contributed by atoms with Crippen LogP contribution in [-0.2, 0) is 4.79 Å². The average Bonchev–Trinajstić information content (AvgIpc) is 2.30. The summed E-state index contributed by atoms with van der Waals surface area (Å²) in [6, 6.07) is 0. The standard InChI is InChI=1S/C14H28N2O.ClH/c1-5-14(6-2,10-15)12(17)16-9-7-8-13(3,4)11-16;/h5-11,15H2,1-4H3;1H. The van der Waals surface area contributed by atoms with E-state index in [2.05, 4.69) is 27.7 Å². The van der Waals surface area contributed by atoms with Crippen LogP contribution in [0.25, 0.3) is 0 Å². The average molecular weight is 277 g/mol. The summed E-state index contributed by atoms with van der Waals surface area (Å²) in [7, 11) is 0. The van der Waals surface area contributed by atoms with E-state index in [1.165, 1.54) is 6.42 Å². The third kappa shape index (κ3) is 3.61. The monoisotopic (exact) mass is 276 g/mol. The van der Waals surface area contributed by atoms with Crippen molar-refractivity contribution in [2.24, 2.45) is 16.6 Å². The lowest BCUT2D eigenvalue weighted by molar-refractivity contribution is -0.145. The van der Waals surface area contributed by atoms with Crippen molar-refractivity contribution in [1.29, 1.82) is 0 Å². The molecule has 1 amide bonds. The Kier molecular flexibility index (Phi) is 6.66. The first-order valence-electron chi connectivity index (χ1n) is 6.90. The molecule has 1 aliphatic heterocycles. The van der Waals surface area contributed by atoms with E-state index in [0.29, 0.717) is 6.54 Å². The number of likely N-dealkylation sites (tertiary alicyclic amines) is 1. The van der Waals surface area contributed by atoms with Crippen LogP contribution in [0.15, 0.2) is 0 Å². The van der Waals surface area contributed by atoms with Crippen molar-refractivity contribution < 1.29 is 4.79 Å². The van der Waals surface area contributed by atoms with Crippen molar-refractivity contribution in [2.75, 3.05) is 19.6 Å². The quantitative estimate of drug-likeness (QED) is 0.858. The van der Waals surface area contributed by atoms with E-state index in [0.717, 1.165) is 32.4 Å². The van der Waals surface area contributed by atoms with Crippen LogP contribution in [0.4, 0.5) is 0 Å². The van der Waals surface area contributed by atoms with Crippen molar-refractivity contribution >= 4 is 18.3 Å². The molecule has 0 atom stereocenters. The van der Waals surface area contributed by atoms with Gasteiger partial charge in [0, 0.05) is 19.6 Å². The van der Waals surface area contributed by atoms with Crippen LogP contribution in [0.1, 0.15) is 53.4 Å². The smallest absolute Gasteiger partial charge is 0.230 e. The van der Waals surface area contributed by atoms with Crippen molar-refractivity contribution in [2.45, 2.75) is 53.4 Å². The van der Waals surface area contributed by atoms with Gasteiger partial charge in [-0.2, -0.15) is 0 Å². The van der Waals surface area contributed by atoms with Crippen LogP contribution < -0.4 is 5.73 Å². The van der Waals surface area contributed by atoms with Gasteiger partial charge in [-0.25, -0.2) is 0 Å². The molecule has 1 heterocycles. The van der Waals surface area contributed by atoms with Crippen LogP contribution in [0.2, 0.25) is 0 Å². The van der Waals surface area contributed by atoms with Crippen molar-refractivity contribution in [3.05, 3.63) is 0 Å². The van der Waals surface area contributed by atoms with Crippen LogP contribution in [-0.4, -0.2) is 30.4 Å². The molecule has 0 unspecified atom stereocenters. The van der Waals surface area contributed by atoms with Gasteiger partial charge in [-0.1, -0.05) is 27.7 Å². The molecule has 0 bridgehead atoms. The molecule has 0 spiro atoms. The summed E-state index contributed by atoms with van der Waals surface area (Å²) in [5.41, 5.74) is 5.79. The van der Waals surface area contributed by atoms with E-state index in [-0.39, 0.29) is 29.1 Å². The highest BCUT2D eigenvalue weighted by molar-refractivity contribution is 5.85. The number of piperidine rings is 1. The molecular weight excluding hydrogens is 248 g/mol. The Morgan fingerprint density at radius 1 is 1.33 bits per heavy atom. The van der Waals surface area contributed by atoms with Crippen LogP contribution in [0.3, 0.4) is 0 Å². The zero-order chi connectivity index (χ0) is 13.1. The predicted octanol–water partition coefficient (Wildman–Crippen LogP) is 2.82. The summed E-state index contributed by atoms with van der Waals surface area (Å²) in [6.45, 7) is 10.9. The van der Waals surface area contributed by atoms with Gasteiger partial charge in [0.2, 0.25) is 5.91 Å². The number of nitrogens with two attached hydrogens (primary N) is 1. The van der Waals surface area contributed by atoms with Gasteiger partial charge in [-0.3, -0.25) is 4.79 Å². The van der Waals surface area contributed by atoms with Crippen molar-refractivity contribution in [3.63, 3.8) is 0 Å². The molecule has 0 aliphatic carbocycles. The van der Waals surface area contributed by atoms with Crippen LogP contribution in [0.5, 0.6) is 0 Å². The Hall–Kier alpha value is -0.280. The van der Waals surface area contributed by atoms with Gasteiger partial charge in [0.15, 0.2) is 0 Å². The maximum absolute atomic E-state index is 12.6. The van der Waals surface area contributed by atoms with Gasteiger partial charge < -0.3 is 10.6 Å². The molecule has 0 aromatic carbocycles. The maximum atomic E-state index is 12.6. The molecule has 18 heavy (non-hydrogen) atoms. The number of hydrogen-bond donors (Lipinski definition) is 1. The van der Waals surface area contributed by atoms with E-state index >= 15 is 0 Å². The second-order valence-corrected chi connectivity index (χ2v) is 6.19. The zero-order valence-electron chi connectivity index (χ0n) is 12.3. The molecule has 1 rings (SSSR count). The Morgan fingerprint density at radius 3 is 2.28 bits per heavy atom. The Labute approximate surface area is 118 Å². The van der Waals surface area contributed by atoms with Gasteiger partial charge in [-0.15, -0.1) is 12.4 Å². The van der Waals surface area contributed by atoms with Gasteiger partial charge in [0.05, 0.1) is 5.41 Å². The lowest BCUT2D eigenvalue weighted by Crippen LogP contribution is -2.52. The molecule has 4 heteroatoms. The first-order chi connectivity index (χ1) is 7.90. The SMILES string of the molecule is CCC(CC)(CN)C(=O)N1CCCC(C)(C)C1.Cl. The number of carbonyl (C=O) groups excluding carboxylic acids is 1. The lowest BCUT2D eigenvalue weighted by Gasteiger charge is -2.42. The molecular formula is C14H29ClN2O. The fourth-order valence-corrected chi connectivity index (χ4v) is 2.86. The molecule has 0 saturated carbocycles. The molecule has 1 fully saturated rings. The minimum atomic E-state index is -0.326. The van der Waals surface area contributed by atoms with Gasteiger partial charge in [0.1, 0.15) is 0 Å². The topological polar surface area (TPSA) is 46.3 Å². The number of halogens is 1. The second kappa shape index (κ2) is 6.76. The third-order valence-electron chi connectivity index (χ3n) is 4.39. The third-order valence-corrected chi connectivity index (χ3v) is 4.39. The largest absolute Gasteiger partial charge is 0.342 e. The molecule has 1 aliphatic rings. The maximum Gasteiger partial charge on any atom is 0.230 e. The summed E-state index contributed by atoms with van der Waals surface area (Å²) in [4.78, 5) is 14.7. The summed E-state index contributed by atoms with van der Waals surface area (Å²) in [6.07, 6.45) is 4.02. The highest BCUT2D eigenvalue weighted by Gasteiger charge is 2.39. The second-order valence-electron chi connectivity index (χ2n) is 6.19. The van der Waals surface area contributed by atoms with Crippen molar-refractivity contribution in [3.8, 4) is 0 Å². The number of rotatable bonds is 4. The number of hydrogen-bond acceptors (Lipinski definition) is 2. The Bertz CT molecular complexity index is 267. The van der Waals surface area contributed by atoms with E-state index in [9.17, 15) is 4.79 Å². The summed E-state index contributed by atoms with van der Waals surface area (Å²) >= 11 is 0. The van der Waals surface area contributed by atoms with E-state index in [1.54, 1.807) is 0 Å². The Morgan fingerprint density at radius 2 is 1.89 bits per heavy atom. The summed E-state index contributed by atoms with van der Waals surface area (Å²) in [5, 5.41) is 0. The molecule has 0 aromatic heterocycles. The Balaban J connectivity index is 0.00000289. The van der Waals surface area contributed by atoms with Crippen LogP contribution >= 0.6 is 12.4 Å². The first-order valence-corrected chi connectivity index (χ1v) is 6.90. The zero-order valence-corrected chi connectivity index (χ0v) is 13.1. The van der Waals surface area contributed by atoms with Gasteiger partial charge in [0.25, 0.3) is 0 Å². The van der Waals surface area contributed by atoms with E-state index in [1.807, 2.05) is 4.90 Å².